The number of benzene rings is 1. The number of carbonyl (C=O) groups is 1. The number of carbonyl (C=O) groups excluding carboxylic acids is 1. The smallest absolute Gasteiger partial charge is 0.374 e. The van der Waals surface area contributed by atoms with Crippen molar-refractivity contribution in [3.8, 4) is 0 Å². The van der Waals surface area contributed by atoms with Crippen molar-refractivity contribution in [2.75, 3.05) is 7.11 Å². The van der Waals surface area contributed by atoms with E-state index in [9.17, 15) is 4.79 Å². The average Bonchev–Trinajstić information content (AvgIpc) is 2.62. The molecule has 4 nitrogen and oxygen atoms in total. The van der Waals surface area contributed by atoms with Gasteiger partial charge in [0.1, 0.15) is 5.52 Å². The fourth-order valence-corrected chi connectivity index (χ4v) is 1.81. The van der Waals surface area contributed by atoms with Crippen LogP contribution < -0.4 is 0 Å². The van der Waals surface area contributed by atoms with Gasteiger partial charge in [-0.25, -0.2) is 9.78 Å². The summed E-state index contributed by atoms with van der Waals surface area (Å²) < 4.78 is 5.58. The number of rotatable bonds is 1. The molecule has 0 amide bonds. The van der Waals surface area contributed by atoms with Crippen molar-refractivity contribution < 1.29 is 9.53 Å². The molecule has 14 heavy (non-hydrogen) atoms. The van der Waals surface area contributed by atoms with Crippen molar-refractivity contribution in [1.29, 1.82) is 0 Å². The molecule has 0 unspecified atom stereocenters. The summed E-state index contributed by atoms with van der Waals surface area (Å²) >= 11 is 2.17. The van der Waals surface area contributed by atoms with Crippen LogP contribution in [-0.2, 0) is 4.74 Å². The Morgan fingerprint density at radius 1 is 1.57 bits per heavy atom. The van der Waals surface area contributed by atoms with E-state index < -0.39 is 5.97 Å². The molecule has 0 aliphatic heterocycles. The predicted molar refractivity (Wildman–Crippen MR) is 60.2 cm³/mol. The van der Waals surface area contributed by atoms with Gasteiger partial charge < -0.3 is 9.72 Å². The predicted octanol–water partition coefficient (Wildman–Crippen LogP) is 1.95. The van der Waals surface area contributed by atoms with Crippen LogP contribution in [0.25, 0.3) is 11.0 Å². The third-order valence-electron chi connectivity index (χ3n) is 1.84. The highest BCUT2D eigenvalue weighted by atomic mass is 127. The van der Waals surface area contributed by atoms with Gasteiger partial charge in [-0.1, -0.05) is 6.07 Å². The molecule has 1 heterocycles. The lowest BCUT2D eigenvalue weighted by Crippen LogP contribution is -2.02. The molecule has 0 aliphatic carbocycles. The molecule has 0 spiro atoms. The zero-order valence-electron chi connectivity index (χ0n) is 7.37. The number of para-hydroxylation sites is 1. The lowest BCUT2D eigenvalue weighted by molar-refractivity contribution is 0.0588. The molecule has 0 bridgehead atoms. The van der Waals surface area contributed by atoms with Crippen LogP contribution in [0, 0.1) is 3.57 Å². The first-order chi connectivity index (χ1) is 6.72. The Hall–Kier alpha value is -1.11. The Balaban J connectivity index is 2.62. The van der Waals surface area contributed by atoms with Crippen LogP contribution in [0.3, 0.4) is 0 Å². The second-order valence-electron chi connectivity index (χ2n) is 2.71. The maximum atomic E-state index is 11.2. The number of nitrogens with zero attached hydrogens (tertiary/aromatic N) is 1. The number of H-pyrrole nitrogens is 1. The van der Waals surface area contributed by atoms with Gasteiger partial charge in [0.15, 0.2) is 0 Å². The molecule has 5 heteroatoms. The van der Waals surface area contributed by atoms with Gasteiger partial charge in [-0.3, -0.25) is 0 Å². The van der Waals surface area contributed by atoms with Crippen molar-refractivity contribution >= 4 is 39.6 Å². The quantitative estimate of drug-likeness (QED) is 0.647. The standard InChI is InChI=1S/C9H7IN2O2/c1-14-9(13)8-11-6-4-2-3-5(10)7(6)12-8/h2-4H,1H3,(H,11,12). The Kier molecular flexibility index (Phi) is 2.40. The van der Waals surface area contributed by atoms with Gasteiger partial charge in [-0.15, -0.1) is 0 Å². The van der Waals surface area contributed by atoms with Crippen molar-refractivity contribution in [2.24, 2.45) is 0 Å². The summed E-state index contributed by atoms with van der Waals surface area (Å²) in [5, 5.41) is 0. The summed E-state index contributed by atoms with van der Waals surface area (Å²) in [6.45, 7) is 0. The fraction of sp³-hybridized carbons (Fsp3) is 0.111. The lowest BCUT2D eigenvalue weighted by Gasteiger charge is -1.90. The molecule has 1 aromatic carbocycles. The highest BCUT2D eigenvalue weighted by Crippen LogP contribution is 2.18. The number of ether oxygens (including phenoxy) is 1. The van der Waals surface area contributed by atoms with Gasteiger partial charge in [0.05, 0.1) is 12.6 Å². The van der Waals surface area contributed by atoms with E-state index in [4.69, 9.17) is 0 Å². The second-order valence-corrected chi connectivity index (χ2v) is 3.88. The molecule has 2 aromatic rings. The summed E-state index contributed by atoms with van der Waals surface area (Å²) in [4.78, 5) is 18.2. The maximum Gasteiger partial charge on any atom is 0.374 e. The van der Waals surface area contributed by atoms with E-state index in [-0.39, 0.29) is 5.82 Å². The molecule has 0 saturated carbocycles. The summed E-state index contributed by atoms with van der Waals surface area (Å²) in [6, 6.07) is 5.71. The van der Waals surface area contributed by atoms with E-state index in [0.717, 1.165) is 14.6 Å². The van der Waals surface area contributed by atoms with Crippen LogP contribution in [-0.4, -0.2) is 23.0 Å². The average molecular weight is 302 g/mol. The first-order valence-corrected chi connectivity index (χ1v) is 5.03. The van der Waals surface area contributed by atoms with Crippen LogP contribution in [0.4, 0.5) is 0 Å². The van der Waals surface area contributed by atoms with Crippen molar-refractivity contribution in [3.05, 3.63) is 27.6 Å². The number of hydrogen-bond donors (Lipinski definition) is 1. The van der Waals surface area contributed by atoms with Crippen LogP contribution >= 0.6 is 22.6 Å². The maximum absolute atomic E-state index is 11.2. The number of aromatic amines is 1. The van der Waals surface area contributed by atoms with Gasteiger partial charge >= 0.3 is 5.97 Å². The number of hydrogen-bond acceptors (Lipinski definition) is 3. The molecule has 2 rings (SSSR count). The summed E-state index contributed by atoms with van der Waals surface area (Å²) in [5.41, 5.74) is 1.64. The van der Waals surface area contributed by atoms with Crippen LogP contribution in [0.1, 0.15) is 10.6 Å². The van der Waals surface area contributed by atoms with E-state index in [0.29, 0.717) is 0 Å². The minimum atomic E-state index is -0.447. The Labute approximate surface area is 93.8 Å². The topological polar surface area (TPSA) is 55.0 Å². The van der Waals surface area contributed by atoms with Crippen molar-refractivity contribution in [2.45, 2.75) is 0 Å². The largest absolute Gasteiger partial charge is 0.463 e. The third-order valence-corrected chi connectivity index (χ3v) is 2.71. The minimum absolute atomic E-state index is 0.242. The Morgan fingerprint density at radius 3 is 3.00 bits per heavy atom. The highest BCUT2D eigenvalue weighted by Gasteiger charge is 2.12. The molecule has 0 fully saturated rings. The second kappa shape index (κ2) is 3.56. The first-order valence-electron chi connectivity index (χ1n) is 3.95. The van der Waals surface area contributed by atoms with Crippen molar-refractivity contribution in [3.63, 3.8) is 0 Å². The zero-order valence-corrected chi connectivity index (χ0v) is 9.53. The normalized spacial score (nSPS) is 10.4. The summed E-state index contributed by atoms with van der Waals surface area (Å²) in [7, 11) is 1.33. The Bertz CT molecular complexity index is 493. The molecule has 1 N–H and O–H groups in total. The molecule has 0 radical (unpaired) electrons. The van der Waals surface area contributed by atoms with Gasteiger partial charge in [0.2, 0.25) is 5.82 Å². The molecule has 72 valence electrons. The number of halogens is 1. The minimum Gasteiger partial charge on any atom is -0.463 e. The van der Waals surface area contributed by atoms with Gasteiger partial charge in [0, 0.05) is 3.57 Å². The number of nitrogens with one attached hydrogen (secondary N) is 1. The number of imidazole rings is 1. The molecule has 0 aliphatic rings. The van der Waals surface area contributed by atoms with E-state index in [1.807, 2.05) is 18.2 Å². The van der Waals surface area contributed by atoms with Crippen LogP contribution in [0.15, 0.2) is 18.2 Å². The number of methoxy groups -OCH3 is 1. The van der Waals surface area contributed by atoms with E-state index >= 15 is 0 Å². The van der Waals surface area contributed by atoms with E-state index in [1.54, 1.807) is 0 Å². The van der Waals surface area contributed by atoms with Crippen LogP contribution in [0.2, 0.25) is 0 Å². The highest BCUT2D eigenvalue weighted by molar-refractivity contribution is 14.1. The van der Waals surface area contributed by atoms with E-state index in [1.165, 1.54) is 7.11 Å². The fourth-order valence-electron chi connectivity index (χ4n) is 1.19. The molecular formula is C9H7IN2O2. The third kappa shape index (κ3) is 1.47. The van der Waals surface area contributed by atoms with Gasteiger partial charge in [-0.2, -0.15) is 0 Å². The van der Waals surface area contributed by atoms with Crippen molar-refractivity contribution in [1.82, 2.24) is 9.97 Å². The van der Waals surface area contributed by atoms with Gasteiger partial charge in [-0.05, 0) is 34.7 Å². The first kappa shape index (κ1) is 9.45. The van der Waals surface area contributed by atoms with Gasteiger partial charge in [0.25, 0.3) is 0 Å². The number of esters is 1. The molecule has 0 atom stereocenters. The monoisotopic (exact) mass is 302 g/mol. The SMILES string of the molecule is COC(=O)c1nc2c(I)cccc2[nH]1. The molecule has 0 saturated heterocycles. The van der Waals surface area contributed by atoms with Crippen LogP contribution in [0.5, 0.6) is 0 Å². The molecule has 1 aromatic heterocycles. The molecular weight excluding hydrogens is 295 g/mol. The summed E-state index contributed by atoms with van der Waals surface area (Å²) in [5.74, 6) is -0.205. The van der Waals surface area contributed by atoms with E-state index in [2.05, 4.69) is 37.3 Å². The summed E-state index contributed by atoms with van der Waals surface area (Å²) in [6.07, 6.45) is 0. The number of aromatic nitrogens is 2. The lowest BCUT2D eigenvalue weighted by atomic mass is 10.3. The Morgan fingerprint density at radius 2 is 2.36 bits per heavy atom. The zero-order chi connectivity index (χ0) is 10.1. The number of fused-ring (bicyclic) bond motifs is 1.